The first-order valence-corrected chi connectivity index (χ1v) is 7.54. The van der Waals surface area contributed by atoms with Crippen LogP contribution < -0.4 is 5.73 Å². The molecule has 1 amide bonds. The number of carboxylic acid groups (broad SMARTS) is 1. The van der Waals surface area contributed by atoms with E-state index < -0.39 is 5.97 Å². The molecule has 0 bridgehead atoms. The first kappa shape index (κ1) is 14.7. The van der Waals surface area contributed by atoms with Gasteiger partial charge in [-0.2, -0.15) is 0 Å². The van der Waals surface area contributed by atoms with Gasteiger partial charge in [-0.05, 0) is 37.1 Å². The van der Waals surface area contributed by atoms with Crippen LogP contribution in [0.1, 0.15) is 12.8 Å². The number of likely N-dealkylation sites (tertiary alicyclic amines) is 1. The Kier molecular flexibility index (Phi) is 4.89. The van der Waals surface area contributed by atoms with Crippen LogP contribution >= 0.6 is 11.8 Å². The molecule has 2 rings (SSSR count). The Morgan fingerprint density at radius 2 is 1.85 bits per heavy atom. The lowest BCUT2D eigenvalue weighted by Gasteiger charge is -2.30. The number of amides is 1. The first-order valence-electron chi connectivity index (χ1n) is 6.55. The molecule has 1 aliphatic heterocycles. The van der Waals surface area contributed by atoms with Crippen LogP contribution in [0, 0.1) is 5.92 Å². The number of carbonyl (C=O) groups is 2. The van der Waals surface area contributed by atoms with E-state index in [2.05, 4.69) is 0 Å². The lowest BCUT2D eigenvalue weighted by Crippen LogP contribution is -2.41. The van der Waals surface area contributed by atoms with Crippen molar-refractivity contribution in [3.8, 4) is 0 Å². The number of nitrogens with two attached hydrogens (primary N) is 1. The highest BCUT2D eigenvalue weighted by Gasteiger charge is 2.26. The highest BCUT2D eigenvalue weighted by Crippen LogP contribution is 2.22. The molecule has 6 heteroatoms. The minimum absolute atomic E-state index is 0.0654. The summed E-state index contributed by atoms with van der Waals surface area (Å²) in [6.07, 6.45) is 1.10. The molecule has 0 atom stereocenters. The van der Waals surface area contributed by atoms with Gasteiger partial charge in [0.15, 0.2) is 0 Å². The number of anilines is 1. The first-order chi connectivity index (χ1) is 9.56. The Morgan fingerprint density at radius 3 is 2.40 bits per heavy atom. The number of thioether (sulfide) groups is 1. The number of rotatable bonds is 4. The van der Waals surface area contributed by atoms with Crippen LogP contribution in [-0.4, -0.2) is 40.7 Å². The zero-order chi connectivity index (χ0) is 14.5. The van der Waals surface area contributed by atoms with Gasteiger partial charge in [0.2, 0.25) is 5.91 Å². The standard InChI is InChI=1S/C14H18N2O3S/c15-11-1-3-12(4-2-11)20-9-13(17)16-7-5-10(6-8-16)14(18)19/h1-4,10H,5-9,15H2,(H,18,19). The van der Waals surface area contributed by atoms with E-state index in [1.54, 1.807) is 4.90 Å². The number of nitrogens with zero attached hydrogens (tertiary/aromatic N) is 1. The molecule has 1 saturated heterocycles. The van der Waals surface area contributed by atoms with Gasteiger partial charge in [-0.3, -0.25) is 9.59 Å². The van der Waals surface area contributed by atoms with Gasteiger partial charge in [0, 0.05) is 23.7 Å². The summed E-state index contributed by atoms with van der Waals surface area (Å²) in [5.74, 6) is -0.616. The van der Waals surface area contributed by atoms with Crippen molar-refractivity contribution in [1.82, 2.24) is 4.90 Å². The molecule has 1 aromatic rings. The van der Waals surface area contributed by atoms with Crippen LogP contribution in [0.4, 0.5) is 5.69 Å². The summed E-state index contributed by atoms with van der Waals surface area (Å²) in [6, 6.07) is 7.41. The van der Waals surface area contributed by atoms with Crippen molar-refractivity contribution in [2.24, 2.45) is 5.92 Å². The third kappa shape index (κ3) is 3.90. The van der Waals surface area contributed by atoms with E-state index in [9.17, 15) is 9.59 Å². The van der Waals surface area contributed by atoms with Gasteiger partial charge in [0.25, 0.3) is 0 Å². The summed E-state index contributed by atoms with van der Waals surface area (Å²) < 4.78 is 0. The Morgan fingerprint density at radius 1 is 1.25 bits per heavy atom. The van der Waals surface area contributed by atoms with Gasteiger partial charge in [0.1, 0.15) is 0 Å². The monoisotopic (exact) mass is 294 g/mol. The van der Waals surface area contributed by atoms with Crippen LogP contribution in [0.25, 0.3) is 0 Å². The molecular formula is C14H18N2O3S. The molecule has 1 fully saturated rings. The smallest absolute Gasteiger partial charge is 0.306 e. The Bertz CT molecular complexity index is 482. The average Bonchev–Trinajstić information content (AvgIpc) is 2.46. The number of nitrogen functional groups attached to an aromatic ring is 1. The Hall–Kier alpha value is -1.69. The average molecular weight is 294 g/mol. The lowest BCUT2D eigenvalue weighted by molar-refractivity contribution is -0.145. The molecular weight excluding hydrogens is 276 g/mol. The van der Waals surface area contributed by atoms with E-state index in [1.165, 1.54) is 11.8 Å². The molecule has 3 N–H and O–H groups in total. The fourth-order valence-corrected chi connectivity index (χ4v) is 2.98. The van der Waals surface area contributed by atoms with Crippen LogP contribution in [0.2, 0.25) is 0 Å². The molecule has 0 saturated carbocycles. The number of hydrogen-bond donors (Lipinski definition) is 2. The van der Waals surface area contributed by atoms with Crippen LogP contribution in [0.3, 0.4) is 0 Å². The normalized spacial score (nSPS) is 16.1. The second-order valence-corrected chi connectivity index (χ2v) is 5.90. The molecule has 5 nitrogen and oxygen atoms in total. The van der Waals surface area contributed by atoms with Gasteiger partial charge in [-0.15, -0.1) is 11.8 Å². The minimum Gasteiger partial charge on any atom is -0.481 e. The van der Waals surface area contributed by atoms with E-state index in [1.807, 2.05) is 24.3 Å². The van der Waals surface area contributed by atoms with Crippen molar-refractivity contribution in [2.45, 2.75) is 17.7 Å². The van der Waals surface area contributed by atoms with E-state index in [0.29, 0.717) is 37.4 Å². The van der Waals surface area contributed by atoms with Crippen LogP contribution in [-0.2, 0) is 9.59 Å². The zero-order valence-electron chi connectivity index (χ0n) is 11.1. The molecule has 20 heavy (non-hydrogen) atoms. The van der Waals surface area contributed by atoms with Gasteiger partial charge >= 0.3 is 5.97 Å². The quantitative estimate of drug-likeness (QED) is 0.652. The molecule has 0 spiro atoms. The number of benzene rings is 1. The third-order valence-electron chi connectivity index (χ3n) is 3.44. The van der Waals surface area contributed by atoms with E-state index in [0.717, 1.165) is 4.90 Å². The van der Waals surface area contributed by atoms with Crippen LogP contribution in [0.15, 0.2) is 29.2 Å². The predicted molar refractivity (Wildman–Crippen MR) is 78.5 cm³/mol. The minimum atomic E-state index is -0.756. The van der Waals surface area contributed by atoms with Crippen LogP contribution in [0.5, 0.6) is 0 Å². The molecule has 0 aliphatic carbocycles. The van der Waals surface area contributed by atoms with Crippen molar-refractivity contribution in [1.29, 1.82) is 0 Å². The predicted octanol–water partition coefficient (Wildman–Crippen LogP) is 1.68. The number of carbonyl (C=O) groups excluding carboxylic acids is 1. The van der Waals surface area contributed by atoms with Gasteiger partial charge in [-0.1, -0.05) is 0 Å². The summed E-state index contributed by atoms with van der Waals surface area (Å²) in [6.45, 7) is 1.08. The summed E-state index contributed by atoms with van der Waals surface area (Å²) in [4.78, 5) is 25.7. The van der Waals surface area contributed by atoms with Gasteiger partial charge in [0.05, 0.1) is 11.7 Å². The van der Waals surface area contributed by atoms with Gasteiger partial charge in [-0.25, -0.2) is 0 Å². The van der Waals surface area contributed by atoms with E-state index in [-0.39, 0.29) is 11.8 Å². The summed E-state index contributed by atoms with van der Waals surface area (Å²) >= 11 is 1.47. The highest BCUT2D eigenvalue weighted by atomic mass is 32.2. The van der Waals surface area contributed by atoms with Crippen molar-refractivity contribution in [3.63, 3.8) is 0 Å². The molecule has 0 unspecified atom stereocenters. The maximum Gasteiger partial charge on any atom is 0.306 e. The largest absolute Gasteiger partial charge is 0.481 e. The molecule has 1 aliphatic rings. The summed E-state index contributed by atoms with van der Waals surface area (Å²) in [7, 11) is 0. The molecule has 1 heterocycles. The molecule has 1 aromatic carbocycles. The lowest BCUT2D eigenvalue weighted by atomic mass is 9.97. The molecule has 0 radical (unpaired) electrons. The van der Waals surface area contributed by atoms with E-state index >= 15 is 0 Å². The highest BCUT2D eigenvalue weighted by molar-refractivity contribution is 8.00. The topological polar surface area (TPSA) is 83.6 Å². The number of piperidine rings is 1. The van der Waals surface area contributed by atoms with Crippen molar-refractivity contribution in [2.75, 3.05) is 24.6 Å². The van der Waals surface area contributed by atoms with Gasteiger partial charge < -0.3 is 15.7 Å². The van der Waals surface area contributed by atoms with Crippen molar-refractivity contribution >= 4 is 29.3 Å². The SMILES string of the molecule is Nc1ccc(SCC(=O)N2CCC(C(=O)O)CC2)cc1. The molecule has 0 aromatic heterocycles. The Labute approximate surface area is 122 Å². The third-order valence-corrected chi connectivity index (χ3v) is 4.44. The maximum atomic E-state index is 12.0. The fourth-order valence-electron chi connectivity index (χ4n) is 2.18. The van der Waals surface area contributed by atoms with Crippen molar-refractivity contribution < 1.29 is 14.7 Å². The Balaban J connectivity index is 1.78. The molecule has 108 valence electrons. The second kappa shape index (κ2) is 6.65. The number of carboxylic acids is 1. The van der Waals surface area contributed by atoms with E-state index in [4.69, 9.17) is 10.8 Å². The van der Waals surface area contributed by atoms with Crippen molar-refractivity contribution in [3.05, 3.63) is 24.3 Å². The second-order valence-electron chi connectivity index (χ2n) is 4.85. The number of aliphatic carboxylic acids is 1. The summed E-state index contributed by atoms with van der Waals surface area (Å²) in [5, 5.41) is 8.92. The summed E-state index contributed by atoms with van der Waals surface area (Å²) in [5.41, 5.74) is 6.31. The fraction of sp³-hybridized carbons (Fsp3) is 0.429. The maximum absolute atomic E-state index is 12.0. The zero-order valence-corrected chi connectivity index (χ0v) is 11.9. The number of hydrogen-bond acceptors (Lipinski definition) is 4.